The van der Waals surface area contributed by atoms with Gasteiger partial charge in [0, 0.05) is 48.9 Å². The van der Waals surface area contributed by atoms with Crippen molar-refractivity contribution in [3.63, 3.8) is 0 Å². The van der Waals surface area contributed by atoms with E-state index in [0.717, 1.165) is 27.9 Å². The molecule has 0 saturated heterocycles. The summed E-state index contributed by atoms with van der Waals surface area (Å²) in [6.07, 6.45) is -1.06. The van der Waals surface area contributed by atoms with Crippen molar-refractivity contribution < 1.29 is 19.9 Å². The van der Waals surface area contributed by atoms with E-state index in [1.54, 1.807) is 6.92 Å². The van der Waals surface area contributed by atoms with Crippen molar-refractivity contribution in [2.45, 2.75) is 32.5 Å². The van der Waals surface area contributed by atoms with Gasteiger partial charge in [-0.25, -0.2) is 5.48 Å². The Kier molecular flexibility index (Phi) is 11.0. The summed E-state index contributed by atoms with van der Waals surface area (Å²) in [6, 6.07) is 21.7. The molecule has 0 aliphatic heterocycles. The Morgan fingerprint density at radius 1 is 0.925 bits per heavy atom. The van der Waals surface area contributed by atoms with Crippen LogP contribution in [-0.2, 0) is 16.1 Å². The highest BCUT2D eigenvalue weighted by molar-refractivity contribution is 6.00. The van der Waals surface area contributed by atoms with E-state index in [1.807, 2.05) is 91.8 Å². The van der Waals surface area contributed by atoms with Gasteiger partial charge in [-0.1, -0.05) is 36.1 Å². The van der Waals surface area contributed by atoms with Gasteiger partial charge in [0.1, 0.15) is 0 Å². The predicted octanol–water partition coefficient (Wildman–Crippen LogP) is 2.94. The summed E-state index contributed by atoms with van der Waals surface area (Å²) >= 11 is 0. The van der Waals surface area contributed by atoms with Gasteiger partial charge in [-0.05, 0) is 73.5 Å². The highest BCUT2D eigenvalue weighted by atomic mass is 16.5. The molecule has 40 heavy (non-hydrogen) atoms. The number of hydroxylamine groups is 1. The molecule has 9 heteroatoms. The fraction of sp³-hybridized carbons (Fsp3) is 0.258. The van der Waals surface area contributed by atoms with Gasteiger partial charge in [-0.15, -0.1) is 0 Å². The van der Waals surface area contributed by atoms with Crippen molar-refractivity contribution in [3.8, 4) is 11.8 Å². The molecule has 0 unspecified atom stereocenters. The Labute approximate surface area is 234 Å². The van der Waals surface area contributed by atoms with Crippen LogP contribution >= 0.6 is 0 Å². The molecule has 0 aromatic heterocycles. The predicted molar refractivity (Wildman–Crippen MR) is 158 cm³/mol. The maximum atomic E-state index is 12.3. The minimum atomic E-state index is -1.11. The topological polar surface area (TPSA) is 126 Å². The minimum Gasteiger partial charge on any atom is -0.391 e. The molecule has 0 aliphatic carbocycles. The molecule has 3 rings (SSSR count). The lowest BCUT2D eigenvalue weighted by Crippen LogP contribution is -2.38. The molecule has 3 aromatic rings. The van der Waals surface area contributed by atoms with Crippen LogP contribution in [0, 0.1) is 11.8 Å². The van der Waals surface area contributed by atoms with Gasteiger partial charge >= 0.3 is 0 Å². The van der Waals surface area contributed by atoms with Crippen molar-refractivity contribution >= 4 is 28.9 Å². The van der Waals surface area contributed by atoms with Crippen LogP contribution in [0.3, 0.4) is 0 Å². The Hall–Kier alpha value is -4.49. The Balaban J connectivity index is 1.51. The Morgan fingerprint density at radius 3 is 2.02 bits per heavy atom. The van der Waals surface area contributed by atoms with Crippen LogP contribution in [0.5, 0.6) is 0 Å². The van der Waals surface area contributed by atoms with E-state index in [-0.39, 0.29) is 12.5 Å². The third kappa shape index (κ3) is 9.06. The molecule has 3 aromatic carbocycles. The molecule has 2 atom stereocenters. The van der Waals surface area contributed by atoms with Crippen LogP contribution in [0.25, 0.3) is 0 Å². The molecule has 0 fully saturated rings. The number of aliphatic imine (C=N–C) groups is 1. The van der Waals surface area contributed by atoms with Crippen LogP contribution in [0.15, 0.2) is 77.8 Å². The molecular weight excluding hydrogens is 506 g/mol. The van der Waals surface area contributed by atoms with Gasteiger partial charge < -0.3 is 20.6 Å². The van der Waals surface area contributed by atoms with Gasteiger partial charge in [0.25, 0.3) is 5.91 Å². The largest absolute Gasteiger partial charge is 0.391 e. The third-order valence-corrected chi connectivity index (χ3v) is 6.06. The number of benzene rings is 3. The first-order valence-corrected chi connectivity index (χ1v) is 12.8. The normalized spacial score (nSPS) is 12.5. The van der Waals surface area contributed by atoms with Crippen molar-refractivity contribution in [3.05, 3.63) is 95.1 Å². The number of hydrogen-bond donors (Lipinski definition) is 5. The van der Waals surface area contributed by atoms with Gasteiger partial charge in [-0.2, -0.15) is 0 Å². The summed E-state index contributed by atoms with van der Waals surface area (Å²) in [5.41, 5.74) is 7.35. The SMILES string of the molecule is CC(=N[C@H](C(=O)NO)[C@@H](C)O)c1ccc(C#Cc2ccc(NC(=O)CNCc3ccc(N(C)C)cc3)cc2)cc1. The fourth-order valence-electron chi connectivity index (χ4n) is 3.75. The molecule has 208 valence electrons. The van der Waals surface area contributed by atoms with E-state index in [4.69, 9.17) is 5.21 Å². The Morgan fingerprint density at radius 2 is 1.50 bits per heavy atom. The smallest absolute Gasteiger partial charge is 0.270 e. The average molecular weight is 542 g/mol. The number of anilines is 2. The molecule has 2 amide bonds. The monoisotopic (exact) mass is 541 g/mol. The van der Waals surface area contributed by atoms with Crippen molar-refractivity contribution in [1.82, 2.24) is 10.8 Å². The molecule has 0 bridgehead atoms. The summed E-state index contributed by atoms with van der Waals surface area (Å²) in [6.45, 7) is 3.96. The fourth-order valence-corrected chi connectivity index (χ4v) is 3.75. The van der Waals surface area contributed by atoms with Crippen molar-refractivity contribution in [2.24, 2.45) is 4.99 Å². The lowest BCUT2D eigenvalue weighted by atomic mass is 10.1. The van der Waals surface area contributed by atoms with E-state index in [2.05, 4.69) is 27.5 Å². The zero-order valence-corrected chi connectivity index (χ0v) is 23.1. The van der Waals surface area contributed by atoms with E-state index in [9.17, 15) is 14.7 Å². The second-order valence-electron chi connectivity index (χ2n) is 9.49. The number of carbonyl (C=O) groups excluding carboxylic acids is 2. The summed E-state index contributed by atoms with van der Waals surface area (Å²) in [5.74, 6) is 5.30. The molecule has 5 N–H and O–H groups in total. The highest BCUT2D eigenvalue weighted by Gasteiger charge is 2.22. The number of amides is 2. The first-order valence-electron chi connectivity index (χ1n) is 12.8. The maximum Gasteiger partial charge on any atom is 0.270 e. The van der Waals surface area contributed by atoms with Gasteiger partial charge in [0.15, 0.2) is 6.04 Å². The van der Waals surface area contributed by atoms with Crippen LogP contribution in [0.1, 0.15) is 36.1 Å². The molecule has 0 heterocycles. The number of nitrogens with one attached hydrogen (secondary N) is 3. The summed E-state index contributed by atoms with van der Waals surface area (Å²) < 4.78 is 0. The lowest BCUT2D eigenvalue weighted by molar-refractivity contribution is -0.132. The van der Waals surface area contributed by atoms with Crippen molar-refractivity contribution in [1.29, 1.82) is 0 Å². The van der Waals surface area contributed by atoms with E-state index in [1.165, 1.54) is 12.4 Å². The van der Waals surface area contributed by atoms with Gasteiger partial charge in [-0.3, -0.25) is 19.8 Å². The summed E-state index contributed by atoms with van der Waals surface area (Å²) in [4.78, 5) is 30.3. The summed E-state index contributed by atoms with van der Waals surface area (Å²) in [5, 5.41) is 24.6. The molecule has 9 nitrogen and oxygen atoms in total. The number of aliphatic hydroxyl groups excluding tert-OH is 1. The van der Waals surface area contributed by atoms with Crippen LogP contribution in [0.2, 0.25) is 0 Å². The first-order chi connectivity index (χ1) is 19.2. The van der Waals surface area contributed by atoms with E-state index >= 15 is 0 Å². The third-order valence-electron chi connectivity index (χ3n) is 6.06. The quantitative estimate of drug-likeness (QED) is 0.116. The zero-order chi connectivity index (χ0) is 29.1. The number of carbonyl (C=O) groups is 2. The molecule has 0 aliphatic rings. The summed E-state index contributed by atoms with van der Waals surface area (Å²) in [7, 11) is 3.99. The van der Waals surface area contributed by atoms with E-state index in [0.29, 0.717) is 17.9 Å². The standard InChI is InChI=1S/C31H35N5O4/c1-21(33-30(22(2)37)31(39)35-40)26-13-7-23(8-14-26)5-6-24-9-15-27(16-10-24)34-29(38)20-32-19-25-11-17-28(18-12-25)36(3)4/h7-18,22,30,32,37,40H,19-20H2,1-4H3,(H,34,38)(H,35,39)/t22-,30+/m1/s1. The van der Waals surface area contributed by atoms with Crippen LogP contribution < -0.4 is 21.0 Å². The van der Waals surface area contributed by atoms with Crippen LogP contribution in [0.4, 0.5) is 11.4 Å². The molecule has 0 spiro atoms. The second-order valence-corrected chi connectivity index (χ2v) is 9.49. The lowest BCUT2D eigenvalue weighted by Gasteiger charge is -2.14. The molecule has 0 radical (unpaired) electrons. The van der Waals surface area contributed by atoms with Gasteiger partial charge in [0.2, 0.25) is 5.91 Å². The molecular formula is C31H35N5O4. The second kappa shape index (κ2) is 14.6. The van der Waals surface area contributed by atoms with E-state index < -0.39 is 18.1 Å². The average Bonchev–Trinajstić information content (AvgIpc) is 2.95. The first kappa shape index (κ1) is 30.1. The number of hydrogen-bond acceptors (Lipinski definition) is 7. The highest BCUT2D eigenvalue weighted by Crippen LogP contribution is 2.13. The maximum absolute atomic E-state index is 12.3. The number of aliphatic hydroxyl groups is 1. The van der Waals surface area contributed by atoms with Crippen molar-refractivity contribution in [2.75, 3.05) is 30.9 Å². The van der Waals surface area contributed by atoms with Gasteiger partial charge in [0.05, 0.1) is 12.6 Å². The molecule has 0 saturated carbocycles. The minimum absolute atomic E-state index is 0.126. The van der Waals surface area contributed by atoms with Crippen LogP contribution in [-0.4, -0.2) is 60.6 Å². The number of rotatable bonds is 10. The number of nitrogens with zero attached hydrogens (tertiary/aromatic N) is 2. The Bertz CT molecular complexity index is 1370. The zero-order valence-electron chi connectivity index (χ0n) is 23.1.